The molecule has 0 saturated heterocycles. The van der Waals surface area contributed by atoms with Crippen LogP contribution in [0.15, 0.2) is 24.3 Å². The summed E-state index contributed by atoms with van der Waals surface area (Å²) in [7, 11) is 0. The normalized spacial score (nSPS) is 11.6. The van der Waals surface area contributed by atoms with Gasteiger partial charge in [0, 0.05) is 5.69 Å². The number of benzene rings is 1. The molecule has 1 heterocycles. The first-order chi connectivity index (χ1) is 14.0. The number of hydrogen-bond acceptors (Lipinski definition) is 7. The van der Waals surface area contributed by atoms with E-state index in [0.29, 0.717) is 12.1 Å². The molecule has 1 amide bonds. The monoisotopic (exact) mass is 402 g/mol. The molecule has 156 valence electrons. The zero-order chi connectivity index (χ0) is 21.4. The maximum Gasteiger partial charge on any atom is 0.361 e. The second kappa shape index (κ2) is 10.4. The van der Waals surface area contributed by atoms with Gasteiger partial charge in [0.25, 0.3) is 0 Å². The van der Waals surface area contributed by atoms with E-state index in [1.165, 1.54) is 0 Å². The van der Waals surface area contributed by atoms with Crippen molar-refractivity contribution in [2.45, 2.75) is 46.6 Å². The highest BCUT2D eigenvalue weighted by atomic mass is 16.5. The van der Waals surface area contributed by atoms with Crippen LogP contribution in [-0.2, 0) is 20.7 Å². The lowest BCUT2D eigenvalue weighted by atomic mass is 10.1. The van der Waals surface area contributed by atoms with E-state index < -0.39 is 18.0 Å². The minimum atomic E-state index is -0.865. The average molecular weight is 402 g/mol. The van der Waals surface area contributed by atoms with Crippen molar-refractivity contribution in [3.63, 3.8) is 0 Å². The number of rotatable bonds is 9. The Balaban J connectivity index is 2.36. The van der Waals surface area contributed by atoms with E-state index in [-0.39, 0.29) is 30.5 Å². The van der Waals surface area contributed by atoms with Crippen LogP contribution in [0.1, 0.15) is 66.7 Å². The number of nitrogens with one attached hydrogen (secondary N) is 1. The Bertz CT molecular complexity index is 860. The van der Waals surface area contributed by atoms with Crippen LogP contribution in [0.25, 0.3) is 0 Å². The molecule has 0 saturated carbocycles. The molecule has 0 bridgehead atoms. The number of carbonyl (C=O) groups is 3. The number of hydrogen-bond donors (Lipinski definition) is 1. The lowest BCUT2D eigenvalue weighted by Gasteiger charge is -2.17. The zero-order valence-electron chi connectivity index (χ0n) is 17.1. The Morgan fingerprint density at radius 1 is 1.00 bits per heavy atom. The van der Waals surface area contributed by atoms with Gasteiger partial charge in [0.05, 0.1) is 13.2 Å². The van der Waals surface area contributed by atoms with Crippen LogP contribution in [0.5, 0.6) is 0 Å². The third-order valence-corrected chi connectivity index (χ3v) is 4.25. The van der Waals surface area contributed by atoms with Crippen molar-refractivity contribution >= 4 is 23.5 Å². The molecule has 2 aromatic rings. The average Bonchev–Trinajstić information content (AvgIpc) is 3.14. The Labute approximate surface area is 169 Å². The highest BCUT2D eigenvalue weighted by Crippen LogP contribution is 2.20. The molecular weight excluding hydrogens is 376 g/mol. The molecule has 2 rings (SSSR count). The number of ether oxygens (including phenoxy) is 2. The molecule has 1 N–H and O–H groups in total. The van der Waals surface area contributed by atoms with Crippen LogP contribution in [0.3, 0.4) is 0 Å². The van der Waals surface area contributed by atoms with Crippen LogP contribution < -0.4 is 5.32 Å². The highest BCUT2D eigenvalue weighted by Gasteiger charge is 2.33. The Morgan fingerprint density at radius 2 is 1.62 bits per heavy atom. The zero-order valence-corrected chi connectivity index (χ0v) is 17.1. The predicted molar refractivity (Wildman–Crippen MR) is 106 cm³/mol. The number of aromatic nitrogens is 3. The minimum Gasteiger partial charge on any atom is -0.461 e. The molecule has 0 unspecified atom stereocenters. The van der Waals surface area contributed by atoms with Crippen LogP contribution in [0, 0.1) is 0 Å². The van der Waals surface area contributed by atoms with E-state index in [1.54, 1.807) is 32.9 Å². The maximum absolute atomic E-state index is 12.9. The third-order valence-electron chi connectivity index (χ3n) is 4.25. The number of amides is 1. The Morgan fingerprint density at radius 3 is 2.17 bits per heavy atom. The summed E-state index contributed by atoms with van der Waals surface area (Å²) in [4.78, 5) is 37.5. The van der Waals surface area contributed by atoms with Gasteiger partial charge in [-0.3, -0.25) is 4.79 Å². The van der Waals surface area contributed by atoms with Crippen LogP contribution in [0.4, 0.5) is 5.69 Å². The first-order valence-electron chi connectivity index (χ1n) is 9.65. The number of esters is 2. The number of aryl methyl sites for hydroxylation is 1. The van der Waals surface area contributed by atoms with Crippen LogP contribution >= 0.6 is 0 Å². The molecule has 0 aliphatic heterocycles. The summed E-state index contributed by atoms with van der Waals surface area (Å²) in [5.74, 6) is -1.98. The van der Waals surface area contributed by atoms with Gasteiger partial charge < -0.3 is 14.8 Å². The van der Waals surface area contributed by atoms with Crippen molar-refractivity contribution in [2.75, 3.05) is 18.5 Å². The lowest BCUT2D eigenvalue weighted by Crippen LogP contribution is -2.29. The molecular formula is C20H26N4O5. The van der Waals surface area contributed by atoms with Crippen molar-refractivity contribution in [1.29, 1.82) is 0 Å². The minimum absolute atomic E-state index is 0.0963. The van der Waals surface area contributed by atoms with Crippen LogP contribution in [0.2, 0.25) is 0 Å². The maximum atomic E-state index is 12.9. The van der Waals surface area contributed by atoms with Crippen LogP contribution in [-0.4, -0.2) is 46.1 Å². The van der Waals surface area contributed by atoms with Gasteiger partial charge in [-0.25, -0.2) is 14.3 Å². The van der Waals surface area contributed by atoms with Gasteiger partial charge in [0.2, 0.25) is 11.6 Å². The Hall–Kier alpha value is -3.23. The predicted octanol–water partition coefficient (Wildman–Crippen LogP) is 2.78. The quantitative estimate of drug-likeness (QED) is 0.642. The largest absolute Gasteiger partial charge is 0.461 e. The van der Waals surface area contributed by atoms with Gasteiger partial charge in [0.15, 0.2) is 5.69 Å². The number of nitrogens with zero attached hydrogens (tertiary/aromatic N) is 3. The molecule has 1 aromatic carbocycles. The molecule has 29 heavy (non-hydrogen) atoms. The second-order valence-electron chi connectivity index (χ2n) is 6.14. The SMILES string of the molecule is CCOC(=O)c1nnn([C@@H](CC)C(=O)Nc2ccc(CC)cc2)c1C(=O)OCC. The summed E-state index contributed by atoms with van der Waals surface area (Å²) < 4.78 is 11.1. The Kier molecular flexibility index (Phi) is 7.88. The van der Waals surface area contributed by atoms with Gasteiger partial charge in [-0.15, -0.1) is 5.10 Å². The van der Waals surface area contributed by atoms with Crippen molar-refractivity contribution in [3.8, 4) is 0 Å². The summed E-state index contributed by atoms with van der Waals surface area (Å²) in [5.41, 5.74) is 1.29. The smallest absolute Gasteiger partial charge is 0.361 e. The first-order valence-corrected chi connectivity index (χ1v) is 9.65. The summed E-state index contributed by atoms with van der Waals surface area (Å²) >= 11 is 0. The highest BCUT2D eigenvalue weighted by molar-refractivity contribution is 6.01. The van der Waals surface area contributed by atoms with Crippen molar-refractivity contribution in [1.82, 2.24) is 15.0 Å². The molecule has 1 aromatic heterocycles. The summed E-state index contributed by atoms with van der Waals surface area (Å²) in [6.07, 6.45) is 1.21. The lowest BCUT2D eigenvalue weighted by molar-refractivity contribution is -0.119. The van der Waals surface area contributed by atoms with Gasteiger partial charge in [0.1, 0.15) is 6.04 Å². The molecule has 0 aliphatic rings. The van der Waals surface area contributed by atoms with Crippen molar-refractivity contribution in [3.05, 3.63) is 41.2 Å². The third kappa shape index (κ3) is 5.18. The molecule has 0 radical (unpaired) electrons. The van der Waals surface area contributed by atoms with E-state index in [4.69, 9.17) is 9.47 Å². The summed E-state index contributed by atoms with van der Waals surface area (Å²) in [5, 5.41) is 10.5. The second-order valence-corrected chi connectivity index (χ2v) is 6.14. The summed E-state index contributed by atoms with van der Waals surface area (Å²) in [6.45, 7) is 7.30. The first kappa shape index (κ1) is 22.1. The van der Waals surface area contributed by atoms with Crippen molar-refractivity contribution < 1.29 is 23.9 Å². The molecule has 9 heteroatoms. The number of carbonyl (C=O) groups excluding carboxylic acids is 3. The molecule has 0 aliphatic carbocycles. The fourth-order valence-electron chi connectivity index (χ4n) is 2.76. The van der Waals surface area contributed by atoms with Gasteiger partial charge in [-0.05, 0) is 44.4 Å². The molecule has 0 spiro atoms. The fourth-order valence-corrected chi connectivity index (χ4v) is 2.76. The van der Waals surface area contributed by atoms with Gasteiger partial charge in [-0.2, -0.15) is 0 Å². The summed E-state index contributed by atoms with van der Waals surface area (Å²) in [6, 6.07) is 6.60. The standard InChI is InChI=1S/C20H26N4O5/c1-5-13-9-11-14(12-10-13)21-18(25)15(6-2)24-17(20(27)29-8-4)16(22-23-24)19(26)28-7-3/h9-12,15H,5-8H2,1-4H3,(H,21,25)/t15-/m0/s1. The van der Waals surface area contributed by atoms with E-state index >= 15 is 0 Å². The number of anilines is 1. The van der Waals surface area contributed by atoms with E-state index in [0.717, 1.165) is 16.7 Å². The van der Waals surface area contributed by atoms with Gasteiger partial charge in [-0.1, -0.05) is 31.2 Å². The molecule has 0 fully saturated rings. The van der Waals surface area contributed by atoms with E-state index in [2.05, 4.69) is 15.6 Å². The topological polar surface area (TPSA) is 112 Å². The van der Waals surface area contributed by atoms with Gasteiger partial charge >= 0.3 is 11.9 Å². The van der Waals surface area contributed by atoms with Crippen molar-refractivity contribution in [2.24, 2.45) is 0 Å². The molecule has 1 atom stereocenters. The molecule has 9 nitrogen and oxygen atoms in total. The van der Waals surface area contributed by atoms with E-state index in [1.807, 2.05) is 19.1 Å². The fraction of sp³-hybridized carbons (Fsp3) is 0.450. The van der Waals surface area contributed by atoms with E-state index in [9.17, 15) is 14.4 Å².